The molecule has 2 rings (SSSR count). The van der Waals surface area contributed by atoms with E-state index in [0.717, 1.165) is 16.7 Å². The molecule has 2 aromatic rings. The lowest BCUT2D eigenvalue weighted by Crippen LogP contribution is -2.39. The molecule has 2 aromatic carbocycles. The molecular weight excluding hydrogens is 295 g/mol. The molecule has 1 atom stereocenters. The maximum Gasteiger partial charge on any atom is 0.317 e. The molecule has 0 saturated carbocycles. The molecule has 5 heteroatoms. The van der Waals surface area contributed by atoms with E-state index >= 15 is 0 Å². The highest BCUT2D eigenvalue weighted by Gasteiger charge is 2.12. The summed E-state index contributed by atoms with van der Waals surface area (Å²) in [6.45, 7) is 2.13. The van der Waals surface area contributed by atoms with Gasteiger partial charge in [0.1, 0.15) is 5.82 Å². The number of halogens is 1. The molecule has 2 amide bonds. The zero-order valence-corrected chi connectivity index (χ0v) is 13.3. The molecule has 0 heterocycles. The van der Waals surface area contributed by atoms with Gasteiger partial charge in [-0.2, -0.15) is 0 Å². The molecule has 0 aromatic heterocycles. The van der Waals surface area contributed by atoms with Crippen LogP contribution in [0.15, 0.2) is 48.5 Å². The van der Waals surface area contributed by atoms with Crippen LogP contribution in [0, 0.1) is 5.82 Å². The number of carbonyl (C=O) groups excluding carboxylic acids is 1. The Hall–Kier alpha value is -2.40. The van der Waals surface area contributed by atoms with Gasteiger partial charge in [-0.3, -0.25) is 0 Å². The van der Waals surface area contributed by atoms with E-state index in [9.17, 15) is 9.18 Å². The van der Waals surface area contributed by atoms with Crippen LogP contribution in [0.25, 0.3) is 11.1 Å². The van der Waals surface area contributed by atoms with Gasteiger partial charge in [0, 0.05) is 13.6 Å². The number of likely N-dealkylation sites (N-methyl/N-ethyl adjacent to an activating group) is 1. The Labute approximate surface area is 135 Å². The molecule has 0 saturated heterocycles. The summed E-state index contributed by atoms with van der Waals surface area (Å²) >= 11 is 0. The summed E-state index contributed by atoms with van der Waals surface area (Å²) in [6.07, 6.45) is 0. The molecule has 23 heavy (non-hydrogen) atoms. The Kier molecular flexibility index (Phi) is 5.71. The molecular formula is C18H21FN2O2. The Morgan fingerprint density at radius 3 is 2.17 bits per heavy atom. The number of nitrogens with one attached hydrogen (secondary N) is 1. The predicted molar refractivity (Wildman–Crippen MR) is 88.5 cm³/mol. The second-order valence-electron chi connectivity index (χ2n) is 5.45. The number of aliphatic hydroxyl groups excluding tert-OH is 1. The molecule has 4 nitrogen and oxygen atoms in total. The van der Waals surface area contributed by atoms with Crippen molar-refractivity contribution in [2.75, 3.05) is 20.2 Å². The maximum absolute atomic E-state index is 13.0. The summed E-state index contributed by atoms with van der Waals surface area (Å²) in [5.41, 5.74) is 2.91. The number of rotatable bonds is 5. The van der Waals surface area contributed by atoms with E-state index in [1.807, 2.05) is 31.2 Å². The van der Waals surface area contributed by atoms with Crippen molar-refractivity contribution in [1.29, 1.82) is 0 Å². The quantitative estimate of drug-likeness (QED) is 0.890. The fraction of sp³-hybridized carbons (Fsp3) is 0.278. The number of aliphatic hydroxyl groups is 1. The van der Waals surface area contributed by atoms with Gasteiger partial charge in [0.05, 0.1) is 12.6 Å². The summed E-state index contributed by atoms with van der Waals surface area (Å²) in [5, 5.41) is 11.7. The zero-order chi connectivity index (χ0) is 16.8. The topological polar surface area (TPSA) is 52.6 Å². The molecule has 122 valence electrons. The van der Waals surface area contributed by atoms with Gasteiger partial charge >= 0.3 is 6.03 Å². The molecule has 0 aliphatic heterocycles. The highest BCUT2D eigenvalue weighted by atomic mass is 19.1. The van der Waals surface area contributed by atoms with Crippen LogP contribution in [0.5, 0.6) is 0 Å². The van der Waals surface area contributed by atoms with Crippen LogP contribution in [-0.4, -0.2) is 36.2 Å². The third-order valence-corrected chi connectivity index (χ3v) is 3.71. The summed E-state index contributed by atoms with van der Waals surface area (Å²) in [5.74, 6) is -0.256. The van der Waals surface area contributed by atoms with E-state index in [0.29, 0.717) is 6.54 Å². The maximum atomic E-state index is 13.0. The van der Waals surface area contributed by atoms with Crippen molar-refractivity contribution in [2.24, 2.45) is 0 Å². The smallest absolute Gasteiger partial charge is 0.317 e. The van der Waals surface area contributed by atoms with Crippen LogP contribution in [0.1, 0.15) is 18.5 Å². The lowest BCUT2D eigenvalue weighted by Gasteiger charge is -2.21. The lowest BCUT2D eigenvalue weighted by atomic mass is 10.0. The Morgan fingerprint density at radius 1 is 1.13 bits per heavy atom. The van der Waals surface area contributed by atoms with Crippen LogP contribution >= 0.6 is 0 Å². The van der Waals surface area contributed by atoms with Crippen molar-refractivity contribution in [3.8, 4) is 11.1 Å². The van der Waals surface area contributed by atoms with Crippen LogP contribution in [-0.2, 0) is 0 Å². The third kappa shape index (κ3) is 4.53. The number of carbonyl (C=O) groups is 1. The Morgan fingerprint density at radius 2 is 1.65 bits per heavy atom. The van der Waals surface area contributed by atoms with Gasteiger partial charge in [-0.05, 0) is 35.7 Å². The van der Waals surface area contributed by atoms with Gasteiger partial charge in [0.2, 0.25) is 0 Å². The first-order chi connectivity index (χ1) is 11.0. The van der Waals surface area contributed by atoms with Gasteiger partial charge < -0.3 is 15.3 Å². The van der Waals surface area contributed by atoms with Crippen LogP contribution in [0.2, 0.25) is 0 Å². The van der Waals surface area contributed by atoms with Crippen LogP contribution in [0.4, 0.5) is 9.18 Å². The molecule has 0 aliphatic carbocycles. The first-order valence-electron chi connectivity index (χ1n) is 7.49. The van der Waals surface area contributed by atoms with Gasteiger partial charge in [0.15, 0.2) is 0 Å². The fourth-order valence-electron chi connectivity index (χ4n) is 2.24. The van der Waals surface area contributed by atoms with Crippen molar-refractivity contribution in [3.63, 3.8) is 0 Å². The number of hydrogen-bond donors (Lipinski definition) is 2. The van der Waals surface area contributed by atoms with Crippen molar-refractivity contribution in [1.82, 2.24) is 10.2 Å². The average Bonchev–Trinajstić information content (AvgIpc) is 2.56. The first kappa shape index (κ1) is 17.0. The van der Waals surface area contributed by atoms with E-state index in [2.05, 4.69) is 5.32 Å². The number of hydrogen-bond acceptors (Lipinski definition) is 2. The minimum atomic E-state index is -0.256. The molecule has 0 radical (unpaired) electrons. The molecule has 0 aliphatic rings. The van der Waals surface area contributed by atoms with Gasteiger partial charge in [-0.25, -0.2) is 9.18 Å². The highest BCUT2D eigenvalue weighted by molar-refractivity contribution is 5.74. The van der Waals surface area contributed by atoms with Gasteiger partial charge in [-0.1, -0.05) is 36.4 Å². The van der Waals surface area contributed by atoms with Crippen molar-refractivity contribution < 1.29 is 14.3 Å². The van der Waals surface area contributed by atoms with Crippen molar-refractivity contribution in [3.05, 3.63) is 59.9 Å². The monoisotopic (exact) mass is 316 g/mol. The summed E-state index contributed by atoms with van der Waals surface area (Å²) in [7, 11) is 1.63. The molecule has 0 bridgehead atoms. The standard InChI is InChI=1S/C18H21FN2O2/c1-13(20-18(23)21(2)11-12-22)14-3-5-15(6-4-14)16-7-9-17(19)10-8-16/h3-10,13,22H,11-12H2,1-2H3,(H,20,23). The predicted octanol–water partition coefficient (Wildman–Crippen LogP) is 3.19. The summed E-state index contributed by atoms with van der Waals surface area (Å²) in [4.78, 5) is 13.3. The normalized spacial score (nSPS) is 11.8. The minimum absolute atomic E-state index is 0.0648. The summed E-state index contributed by atoms with van der Waals surface area (Å²) < 4.78 is 13.0. The van der Waals surface area contributed by atoms with E-state index in [1.54, 1.807) is 19.2 Å². The average molecular weight is 316 g/mol. The number of benzene rings is 2. The van der Waals surface area contributed by atoms with E-state index < -0.39 is 0 Å². The van der Waals surface area contributed by atoms with Crippen molar-refractivity contribution in [2.45, 2.75) is 13.0 Å². The largest absolute Gasteiger partial charge is 0.395 e. The van der Waals surface area contributed by atoms with Crippen LogP contribution < -0.4 is 5.32 Å². The third-order valence-electron chi connectivity index (χ3n) is 3.71. The number of urea groups is 1. The Bertz CT molecular complexity index is 641. The second kappa shape index (κ2) is 7.74. The minimum Gasteiger partial charge on any atom is -0.395 e. The molecule has 1 unspecified atom stereocenters. The van der Waals surface area contributed by atoms with E-state index in [4.69, 9.17) is 5.11 Å². The first-order valence-corrected chi connectivity index (χ1v) is 7.49. The molecule has 2 N–H and O–H groups in total. The Balaban J connectivity index is 2.04. The van der Waals surface area contributed by atoms with E-state index in [-0.39, 0.29) is 24.5 Å². The van der Waals surface area contributed by atoms with Gasteiger partial charge in [-0.15, -0.1) is 0 Å². The number of amides is 2. The van der Waals surface area contributed by atoms with Gasteiger partial charge in [0.25, 0.3) is 0 Å². The van der Waals surface area contributed by atoms with Crippen LogP contribution in [0.3, 0.4) is 0 Å². The molecule has 0 spiro atoms. The fourth-order valence-corrected chi connectivity index (χ4v) is 2.24. The second-order valence-corrected chi connectivity index (χ2v) is 5.45. The lowest BCUT2D eigenvalue weighted by molar-refractivity contribution is 0.188. The van der Waals surface area contributed by atoms with E-state index in [1.165, 1.54) is 17.0 Å². The number of nitrogens with zero attached hydrogens (tertiary/aromatic N) is 1. The molecule has 0 fully saturated rings. The summed E-state index contributed by atoms with van der Waals surface area (Å²) in [6, 6.07) is 13.7. The zero-order valence-electron chi connectivity index (χ0n) is 13.3. The highest BCUT2D eigenvalue weighted by Crippen LogP contribution is 2.22. The SMILES string of the molecule is CC(NC(=O)N(C)CCO)c1ccc(-c2ccc(F)cc2)cc1. The van der Waals surface area contributed by atoms with Crippen molar-refractivity contribution >= 4 is 6.03 Å².